The standard InChI is InChI=1S/C25H30Cl2N4O4/c26-19-12-16(28)13-20(27)22(19)24(32)31-21(25(33)34)7-9-35-18-10-14(11-18)3-5-17-6-4-15-2-1-8-29-23(15)30-17/h4,6,12-14,18,21H,1-3,5,7-11,28H2,(H,29,30)(H,31,32)(H,33,34). The fourth-order valence-electron chi connectivity index (χ4n) is 4.56. The van der Waals surface area contributed by atoms with Crippen molar-refractivity contribution >= 4 is 46.6 Å². The summed E-state index contributed by atoms with van der Waals surface area (Å²) in [6.07, 6.45) is 6.39. The van der Waals surface area contributed by atoms with Crippen LogP contribution in [0.2, 0.25) is 10.0 Å². The summed E-state index contributed by atoms with van der Waals surface area (Å²) in [4.78, 5) is 29.0. The van der Waals surface area contributed by atoms with Crippen LogP contribution in [0.3, 0.4) is 0 Å². The number of carbonyl (C=O) groups excluding carboxylic acids is 1. The summed E-state index contributed by atoms with van der Waals surface area (Å²) in [5.41, 5.74) is 8.39. The number of anilines is 2. The first-order valence-corrected chi connectivity index (χ1v) is 12.7. The number of aryl methyl sites for hydroxylation is 2. The van der Waals surface area contributed by atoms with Crippen LogP contribution in [0.15, 0.2) is 24.3 Å². The van der Waals surface area contributed by atoms with Crippen LogP contribution in [0, 0.1) is 5.92 Å². The van der Waals surface area contributed by atoms with Crippen molar-refractivity contribution in [2.24, 2.45) is 5.92 Å². The molecule has 2 aromatic rings. The molecule has 1 amide bonds. The predicted molar refractivity (Wildman–Crippen MR) is 136 cm³/mol. The molecular weight excluding hydrogens is 491 g/mol. The van der Waals surface area contributed by atoms with E-state index in [9.17, 15) is 14.7 Å². The Balaban J connectivity index is 1.18. The summed E-state index contributed by atoms with van der Waals surface area (Å²) < 4.78 is 5.86. The fourth-order valence-corrected chi connectivity index (χ4v) is 5.23. The molecule has 188 valence electrons. The highest BCUT2D eigenvalue weighted by molar-refractivity contribution is 6.40. The third-order valence-electron chi connectivity index (χ3n) is 6.61. The van der Waals surface area contributed by atoms with Gasteiger partial charge in [-0.1, -0.05) is 29.3 Å². The highest BCUT2D eigenvalue weighted by Crippen LogP contribution is 2.34. The highest BCUT2D eigenvalue weighted by Gasteiger charge is 2.30. The van der Waals surface area contributed by atoms with E-state index in [-0.39, 0.29) is 34.7 Å². The van der Waals surface area contributed by atoms with E-state index in [1.54, 1.807) is 0 Å². The summed E-state index contributed by atoms with van der Waals surface area (Å²) in [6.45, 7) is 1.22. The summed E-state index contributed by atoms with van der Waals surface area (Å²) in [7, 11) is 0. The van der Waals surface area contributed by atoms with E-state index in [0.717, 1.165) is 56.6 Å². The largest absolute Gasteiger partial charge is 0.480 e. The first kappa shape index (κ1) is 25.5. The lowest BCUT2D eigenvalue weighted by atomic mass is 9.79. The summed E-state index contributed by atoms with van der Waals surface area (Å²) in [6, 6.07) is 5.98. The van der Waals surface area contributed by atoms with Crippen molar-refractivity contribution in [2.45, 2.75) is 57.1 Å². The van der Waals surface area contributed by atoms with Gasteiger partial charge in [0.1, 0.15) is 11.9 Å². The van der Waals surface area contributed by atoms with Gasteiger partial charge in [-0.3, -0.25) is 4.79 Å². The SMILES string of the molecule is Nc1cc(Cl)c(C(=O)NC(CCOC2CC(CCc3ccc4c(n3)NCCC4)C2)C(=O)O)c(Cl)c1. The molecule has 1 aliphatic heterocycles. The molecule has 2 aliphatic rings. The topological polar surface area (TPSA) is 127 Å². The molecule has 1 unspecified atom stereocenters. The molecule has 5 N–H and O–H groups in total. The molecule has 1 aromatic heterocycles. The van der Waals surface area contributed by atoms with Gasteiger partial charge < -0.3 is 26.2 Å². The maximum Gasteiger partial charge on any atom is 0.326 e. The number of fused-ring (bicyclic) bond motifs is 1. The monoisotopic (exact) mass is 520 g/mol. The van der Waals surface area contributed by atoms with E-state index in [2.05, 4.69) is 22.8 Å². The molecule has 1 atom stereocenters. The third-order valence-corrected chi connectivity index (χ3v) is 7.20. The number of amides is 1. The molecule has 35 heavy (non-hydrogen) atoms. The molecule has 0 saturated heterocycles. The van der Waals surface area contributed by atoms with Crippen molar-refractivity contribution in [3.05, 3.63) is 51.1 Å². The second kappa shape index (κ2) is 11.5. The van der Waals surface area contributed by atoms with Crippen LogP contribution < -0.4 is 16.4 Å². The molecule has 1 aromatic carbocycles. The molecular formula is C25H30Cl2N4O4. The Morgan fingerprint density at radius 1 is 1.26 bits per heavy atom. The summed E-state index contributed by atoms with van der Waals surface area (Å²) >= 11 is 12.1. The van der Waals surface area contributed by atoms with Crippen LogP contribution in [-0.4, -0.2) is 47.3 Å². The lowest BCUT2D eigenvalue weighted by Gasteiger charge is -2.35. The Kier molecular flexibility index (Phi) is 8.36. The maximum absolute atomic E-state index is 12.6. The zero-order valence-electron chi connectivity index (χ0n) is 19.4. The number of nitrogens with zero attached hydrogens (tertiary/aromatic N) is 1. The van der Waals surface area contributed by atoms with Gasteiger partial charge in [0, 0.05) is 31.0 Å². The Hall–Kier alpha value is -2.55. The first-order chi connectivity index (χ1) is 16.8. The molecule has 2 heterocycles. The number of ether oxygens (including phenoxy) is 1. The maximum atomic E-state index is 12.6. The quantitative estimate of drug-likeness (QED) is 0.343. The van der Waals surface area contributed by atoms with Crippen molar-refractivity contribution < 1.29 is 19.4 Å². The van der Waals surface area contributed by atoms with Gasteiger partial charge >= 0.3 is 5.97 Å². The van der Waals surface area contributed by atoms with Crippen LogP contribution in [0.5, 0.6) is 0 Å². The van der Waals surface area contributed by atoms with E-state index in [0.29, 0.717) is 11.6 Å². The van der Waals surface area contributed by atoms with Gasteiger partial charge in [-0.25, -0.2) is 9.78 Å². The van der Waals surface area contributed by atoms with Crippen molar-refractivity contribution in [2.75, 3.05) is 24.2 Å². The van der Waals surface area contributed by atoms with E-state index in [1.165, 1.54) is 17.7 Å². The zero-order valence-corrected chi connectivity index (χ0v) is 20.9. The first-order valence-electron chi connectivity index (χ1n) is 11.9. The van der Waals surface area contributed by atoms with Gasteiger partial charge in [0.15, 0.2) is 0 Å². The van der Waals surface area contributed by atoms with E-state index < -0.39 is 17.9 Å². The number of pyridine rings is 1. The average molecular weight is 521 g/mol. The second-order valence-electron chi connectivity index (χ2n) is 9.22. The van der Waals surface area contributed by atoms with Gasteiger partial charge in [0.25, 0.3) is 5.91 Å². The van der Waals surface area contributed by atoms with E-state index in [1.807, 2.05) is 0 Å². The molecule has 8 nitrogen and oxygen atoms in total. The van der Waals surface area contributed by atoms with Crippen molar-refractivity contribution in [3.8, 4) is 0 Å². The van der Waals surface area contributed by atoms with Crippen molar-refractivity contribution in [1.29, 1.82) is 0 Å². The molecule has 0 radical (unpaired) electrons. The number of benzene rings is 1. The van der Waals surface area contributed by atoms with E-state index in [4.69, 9.17) is 38.7 Å². The number of halogens is 2. The summed E-state index contributed by atoms with van der Waals surface area (Å²) in [5, 5.41) is 15.5. The van der Waals surface area contributed by atoms with Gasteiger partial charge in [0.05, 0.1) is 21.7 Å². The number of rotatable bonds is 10. The number of carboxylic acid groups (broad SMARTS) is 1. The predicted octanol–water partition coefficient (Wildman–Crippen LogP) is 4.33. The number of aromatic nitrogens is 1. The number of hydrogen-bond acceptors (Lipinski definition) is 6. The Morgan fingerprint density at radius 3 is 2.71 bits per heavy atom. The number of carboxylic acids is 1. The van der Waals surface area contributed by atoms with Crippen LogP contribution in [0.1, 0.15) is 53.7 Å². The fraction of sp³-hybridized carbons (Fsp3) is 0.480. The molecule has 0 spiro atoms. The minimum atomic E-state index is -1.15. The second-order valence-corrected chi connectivity index (χ2v) is 10.0. The highest BCUT2D eigenvalue weighted by atomic mass is 35.5. The number of carbonyl (C=O) groups is 2. The van der Waals surface area contributed by atoms with Crippen LogP contribution in [0.25, 0.3) is 0 Å². The van der Waals surface area contributed by atoms with Gasteiger partial charge in [0.2, 0.25) is 0 Å². The van der Waals surface area contributed by atoms with Crippen LogP contribution >= 0.6 is 23.2 Å². The Labute approximate surface area is 214 Å². The van der Waals surface area contributed by atoms with Gasteiger partial charge in [-0.15, -0.1) is 0 Å². The minimum Gasteiger partial charge on any atom is -0.480 e. The molecule has 10 heteroatoms. The normalized spacial score (nSPS) is 19.7. The lowest BCUT2D eigenvalue weighted by molar-refractivity contribution is -0.140. The number of nitrogens with one attached hydrogen (secondary N) is 2. The smallest absolute Gasteiger partial charge is 0.326 e. The number of hydrogen-bond donors (Lipinski definition) is 4. The molecule has 1 fully saturated rings. The molecule has 4 rings (SSSR count). The average Bonchev–Trinajstić information content (AvgIpc) is 2.78. The van der Waals surface area contributed by atoms with Crippen molar-refractivity contribution in [3.63, 3.8) is 0 Å². The Morgan fingerprint density at radius 2 is 2.00 bits per heavy atom. The number of aliphatic carboxylic acids is 1. The lowest BCUT2D eigenvalue weighted by Crippen LogP contribution is -2.42. The molecule has 1 saturated carbocycles. The minimum absolute atomic E-state index is 0.000680. The third kappa shape index (κ3) is 6.57. The van der Waals surface area contributed by atoms with Crippen LogP contribution in [0.4, 0.5) is 11.5 Å². The Bertz CT molecular complexity index is 1070. The van der Waals surface area contributed by atoms with E-state index >= 15 is 0 Å². The molecule has 1 aliphatic carbocycles. The van der Waals surface area contributed by atoms with Gasteiger partial charge in [-0.2, -0.15) is 0 Å². The molecule has 0 bridgehead atoms. The number of nitrogens with two attached hydrogens (primary N) is 1. The van der Waals surface area contributed by atoms with Gasteiger partial charge in [-0.05, 0) is 68.2 Å². The van der Waals surface area contributed by atoms with Crippen molar-refractivity contribution in [1.82, 2.24) is 10.3 Å². The number of nitrogen functional groups attached to an aromatic ring is 1. The summed E-state index contributed by atoms with van der Waals surface area (Å²) in [5.74, 6) is -0.203. The van der Waals surface area contributed by atoms with Crippen LogP contribution in [-0.2, 0) is 22.4 Å². The zero-order chi connectivity index (χ0) is 24.9.